The number of piperidine rings is 1. The molecular weight excluding hydrogens is 264 g/mol. The largest absolute Gasteiger partial charge is 0.384 e. The molecule has 1 aliphatic rings. The fourth-order valence-corrected chi connectivity index (χ4v) is 2.80. The molecule has 0 spiro atoms. The first-order chi connectivity index (χ1) is 10.2. The highest BCUT2D eigenvalue weighted by atomic mass is 16.2. The van der Waals surface area contributed by atoms with Gasteiger partial charge in [-0.05, 0) is 38.4 Å². The number of amides is 1. The Morgan fingerprint density at radius 2 is 2.10 bits per heavy atom. The molecule has 2 rings (SSSR count). The third kappa shape index (κ3) is 3.94. The van der Waals surface area contributed by atoms with E-state index in [1.807, 2.05) is 24.9 Å². The molecular formula is C16H26N4O. The van der Waals surface area contributed by atoms with E-state index in [4.69, 9.17) is 0 Å². The summed E-state index contributed by atoms with van der Waals surface area (Å²) in [5, 5.41) is 3.18. The highest BCUT2D eigenvalue weighted by Crippen LogP contribution is 2.17. The number of aromatic nitrogens is 1. The van der Waals surface area contributed by atoms with Gasteiger partial charge >= 0.3 is 0 Å². The lowest BCUT2D eigenvalue weighted by Gasteiger charge is -2.36. The third-order valence-electron chi connectivity index (χ3n) is 4.24. The summed E-state index contributed by atoms with van der Waals surface area (Å²) in [4.78, 5) is 21.1. The molecule has 1 saturated heterocycles. The molecule has 0 atom stereocenters. The third-order valence-corrected chi connectivity index (χ3v) is 4.24. The fourth-order valence-electron chi connectivity index (χ4n) is 2.80. The number of carbonyl (C=O) groups excluding carboxylic acids is 1. The monoisotopic (exact) mass is 290 g/mol. The van der Waals surface area contributed by atoms with Crippen molar-refractivity contribution in [1.82, 2.24) is 14.8 Å². The molecule has 1 aromatic rings. The van der Waals surface area contributed by atoms with Gasteiger partial charge in [0.1, 0.15) is 5.69 Å². The van der Waals surface area contributed by atoms with E-state index in [-0.39, 0.29) is 5.91 Å². The van der Waals surface area contributed by atoms with Gasteiger partial charge in [0, 0.05) is 32.7 Å². The van der Waals surface area contributed by atoms with Crippen LogP contribution in [0.4, 0.5) is 5.69 Å². The molecule has 5 nitrogen and oxygen atoms in total. The predicted molar refractivity (Wildman–Crippen MR) is 85.6 cm³/mol. The van der Waals surface area contributed by atoms with Gasteiger partial charge in [-0.25, -0.2) is 4.98 Å². The number of hydrogen-bond donors (Lipinski definition) is 1. The Morgan fingerprint density at radius 3 is 2.62 bits per heavy atom. The van der Waals surface area contributed by atoms with Crippen LogP contribution in [0.2, 0.25) is 0 Å². The van der Waals surface area contributed by atoms with Crippen molar-refractivity contribution in [2.45, 2.75) is 32.7 Å². The van der Waals surface area contributed by atoms with Gasteiger partial charge in [0.05, 0.1) is 11.9 Å². The fraction of sp³-hybridized carbons (Fsp3) is 0.625. The molecule has 1 aliphatic heterocycles. The second kappa shape index (κ2) is 7.41. The topological polar surface area (TPSA) is 48.5 Å². The number of hydrogen-bond acceptors (Lipinski definition) is 4. The van der Waals surface area contributed by atoms with E-state index in [1.165, 1.54) is 0 Å². The number of pyridine rings is 1. The Labute approximate surface area is 127 Å². The predicted octanol–water partition coefficient (Wildman–Crippen LogP) is 2.07. The SMILES string of the molecule is CCNc1ccc(C(=O)N(C)C2CCN(CC)CC2)nc1. The minimum atomic E-state index is 0.0213. The van der Waals surface area contributed by atoms with Crippen LogP contribution in [0.5, 0.6) is 0 Å². The summed E-state index contributed by atoms with van der Waals surface area (Å²) in [6.45, 7) is 8.32. The Bertz CT molecular complexity index is 452. The van der Waals surface area contributed by atoms with Gasteiger partial charge < -0.3 is 15.1 Å². The zero-order valence-electron chi connectivity index (χ0n) is 13.3. The van der Waals surface area contributed by atoms with Crippen molar-refractivity contribution in [3.63, 3.8) is 0 Å². The van der Waals surface area contributed by atoms with E-state index in [0.717, 1.165) is 44.7 Å². The zero-order chi connectivity index (χ0) is 15.2. The summed E-state index contributed by atoms with van der Waals surface area (Å²) >= 11 is 0. The van der Waals surface area contributed by atoms with Crippen molar-refractivity contribution in [1.29, 1.82) is 0 Å². The van der Waals surface area contributed by atoms with Gasteiger partial charge in [-0.15, -0.1) is 0 Å². The van der Waals surface area contributed by atoms with Crippen molar-refractivity contribution in [3.05, 3.63) is 24.0 Å². The molecule has 116 valence electrons. The average Bonchev–Trinajstić information content (AvgIpc) is 2.54. The van der Waals surface area contributed by atoms with Gasteiger partial charge in [-0.3, -0.25) is 4.79 Å². The maximum Gasteiger partial charge on any atom is 0.272 e. The molecule has 1 fully saturated rings. The first-order valence-electron chi connectivity index (χ1n) is 7.85. The second-order valence-electron chi connectivity index (χ2n) is 5.54. The summed E-state index contributed by atoms with van der Waals surface area (Å²) < 4.78 is 0. The van der Waals surface area contributed by atoms with Crippen molar-refractivity contribution in [2.24, 2.45) is 0 Å². The molecule has 21 heavy (non-hydrogen) atoms. The summed E-state index contributed by atoms with van der Waals surface area (Å²) in [5.41, 5.74) is 1.48. The van der Waals surface area contributed by atoms with E-state index in [0.29, 0.717) is 11.7 Å². The van der Waals surface area contributed by atoms with Crippen LogP contribution in [-0.4, -0.2) is 60.0 Å². The minimum absolute atomic E-state index is 0.0213. The summed E-state index contributed by atoms with van der Waals surface area (Å²) in [7, 11) is 1.90. The van der Waals surface area contributed by atoms with Crippen LogP contribution in [0.1, 0.15) is 37.2 Å². The lowest BCUT2D eigenvalue weighted by Crippen LogP contribution is -2.45. The zero-order valence-corrected chi connectivity index (χ0v) is 13.3. The summed E-state index contributed by atoms with van der Waals surface area (Å²) in [6, 6.07) is 4.05. The Morgan fingerprint density at radius 1 is 1.38 bits per heavy atom. The number of anilines is 1. The first-order valence-corrected chi connectivity index (χ1v) is 7.85. The molecule has 0 saturated carbocycles. The molecule has 2 heterocycles. The van der Waals surface area contributed by atoms with Gasteiger partial charge in [-0.2, -0.15) is 0 Å². The van der Waals surface area contributed by atoms with E-state index in [9.17, 15) is 4.79 Å². The van der Waals surface area contributed by atoms with Crippen LogP contribution in [0.15, 0.2) is 18.3 Å². The normalized spacial score (nSPS) is 16.7. The molecule has 0 unspecified atom stereocenters. The summed E-state index contributed by atoms with van der Waals surface area (Å²) in [6.07, 6.45) is 3.82. The lowest BCUT2D eigenvalue weighted by molar-refractivity contribution is 0.0641. The second-order valence-corrected chi connectivity index (χ2v) is 5.54. The van der Waals surface area contributed by atoms with Gasteiger partial charge in [0.15, 0.2) is 0 Å². The number of nitrogens with one attached hydrogen (secondary N) is 1. The molecule has 0 bridgehead atoms. The minimum Gasteiger partial charge on any atom is -0.384 e. The van der Waals surface area contributed by atoms with Crippen LogP contribution in [0, 0.1) is 0 Å². The van der Waals surface area contributed by atoms with E-state index in [1.54, 1.807) is 12.3 Å². The van der Waals surface area contributed by atoms with Crippen LogP contribution in [-0.2, 0) is 0 Å². The van der Waals surface area contributed by atoms with E-state index >= 15 is 0 Å². The molecule has 5 heteroatoms. The Kier molecular flexibility index (Phi) is 5.56. The van der Waals surface area contributed by atoms with Crippen molar-refractivity contribution >= 4 is 11.6 Å². The maximum atomic E-state index is 12.5. The van der Waals surface area contributed by atoms with Crippen molar-refractivity contribution < 1.29 is 4.79 Å². The van der Waals surface area contributed by atoms with Crippen LogP contribution in [0.25, 0.3) is 0 Å². The van der Waals surface area contributed by atoms with Crippen LogP contribution < -0.4 is 5.32 Å². The van der Waals surface area contributed by atoms with E-state index in [2.05, 4.69) is 22.1 Å². The standard InChI is InChI=1S/C16H26N4O/c1-4-17-13-6-7-15(18-12-13)16(21)19(3)14-8-10-20(5-2)11-9-14/h6-7,12,14,17H,4-5,8-11H2,1-3H3. The Balaban J connectivity index is 1.95. The molecule has 0 aromatic carbocycles. The number of nitrogens with zero attached hydrogens (tertiary/aromatic N) is 3. The van der Waals surface area contributed by atoms with Crippen LogP contribution >= 0.6 is 0 Å². The van der Waals surface area contributed by atoms with Gasteiger partial charge in [0.2, 0.25) is 0 Å². The average molecular weight is 290 g/mol. The molecule has 1 N–H and O–H groups in total. The van der Waals surface area contributed by atoms with Gasteiger partial charge in [0.25, 0.3) is 5.91 Å². The van der Waals surface area contributed by atoms with E-state index < -0.39 is 0 Å². The first kappa shape index (κ1) is 15.8. The maximum absolute atomic E-state index is 12.5. The quantitative estimate of drug-likeness (QED) is 0.902. The lowest BCUT2D eigenvalue weighted by atomic mass is 10.0. The van der Waals surface area contributed by atoms with Crippen molar-refractivity contribution in [3.8, 4) is 0 Å². The van der Waals surface area contributed by atoms with Gasteiger partial charge in [-0.1, -0.05) is 6.92 Å². The molecule has 1 amide bonds. The smallest absolute Gasteiger partial charge is 0.272 e. The number of rotatable bonds is 5. The number of likely N-dealkylation sites (tertiary alicyclic amines) is 1. The number of carbonyl (C=O) groups is 1. The molecule has 1 aromatic heterocycles. The highest BCUT2D eigenvalue weighted by molar-refractivity contribution is 5.92. The Hall–Kier alpha value is -1.62. The van der Waals surface area contributed by atoms with Crippen LogP contribution in [0.3, 0.4) is 0 Å². The molecule has 0 radical (unpaired) electrons. The summed E-state index contributed by atoms with van der Waals surface area (Å²) in [5.74, 6) is 0.0213. The van der Waals surface area contributed by atoms with Crippen molar-refractivity contribution in [2.75, 3.05) is 38.5 Å². The molecule has 0 aliphatic carbocycles. The highest BCUT2D eigenvalue weighted by Gasteiger charge is 2.25.